The third kappa shape index (κ3) is 3.63. The fourth-order valence-corrected chi connectivity index (χ4v) is 3.63. The van der Waals surface area contributed by atoms with Gasteiger partial charge in [0.1, 0.15) is 0 Å². The number of nitrogens with one attached hydrogen (secondary N) is 1. The van der Waals surface area contributed by atoms with Gasteiger partial charge in [-0.05, 0) is 67.7 Å². The second-order valence-corrected chi connectivity index (χ2v) is 7.14. The minimum atomic E-state index is 0.591. The van der Waals surface area contributed by atoms with E-state index >= 15 is 0 Å². The van der Waals surface area contributed by atoms with E-state index in [1.54, 1.807) is 5.56 Å². The number of benzene rings is 1. The monoisotopic (exact) mass is 273 g/mol. The van der Waals surface area contributed by atoms with Gasteiger partial charge in [0, 0.05) is 6.04 Å². The van der Waals surface area contributed by atoms with E-state index in [1.165, 1.54) is 36.9 Å². The predicted octanol–water partition coefficient (Wildman–Crippen LogP) is 4.82. The first-order chi connectivity index (χ1) is 9.49. The van der Waals surface area contributed by atoms with Gasteiger partial charge in [0.2, 0.25) is 0 Å². The second kappa shape index (κ2) is 6.76. The normalized spacial score (nSPS) is 27.0. The maximum Gasteiger partial charge on any atom is 0.00104 e. The standard InChI is InChI=1S/C19H31N/c1-13(2)20-12-17-10-9-14(3)11-19(17)18-8-6-7-15(4)16(18)5/h6-8,13-14,17,19-20H,9-12H2,1-5H3. The maximum atomic E-state index is 3.66. The zero-order valence-corrected chi connectivity index (χ0v) is 13.9. The molecule has 0 heterocycles. The molecule has 2 rings (SSSR count). The van der Waals surface area contributed by atoms with Crippen LogP contribution >= 0.6 is 0 Å². The topological polar surface area (TPSA) is 12.0 Å². The molecule has 0 bridgehead atoms. The summed E-state index contributed by atoms with van der Waals surface area (Å²) in [7, 11) is 0. The lowest BCUT2D eigenvalue weighted by atomic mass is 9.70. The lowest BCUT2D eigenvalue weighted by Crippen LogP contribution is -2.35. The molecular formula is C19H31N. The van der Waals surface area contributed by atoms with Crippen LogP contribution in [0.25, 0.3) is 0 Å². The molecule has 1 aliphatic rings. The van der Waals surface area contributed by atoms with Crippen LogP contribution in [0.3, 0.4) is 0 Å². The third-order valence-electron chi connectivity index (χ3n) is 5.09. The zero-order chi connectivity index (χ0) is 14.7. The van der Waals surface area contributed by atoms with Gasteiger partial charge < -0.3 is 5.32 Å². The number of hydrogen-bond acceptors (Lipinski definition) is 1. The molecule has 3 unspecified atom stereocenters. The Bertz CT molecular complexity index is 435. The molecule has 0 radical (unpaired) electrons. The molecule has 0 aliphatic heterocycles. The van der Waals surface area contributed by atoms with Crippen molar-refractivity contribution in [1.29, 1.82) is 0 Å². The van der Waals surface area contributed by atoms with Crippen LogP contribution in [0.5, 0.6) is 0 Å². The van der Waals surface area contributed by atoms with Crippen LogP contribution in [-0.4, -0.2) is 12.6 Å². The van der Waals surface area contributed by atoms with Gasteiger partial charge >= 0.3 is 0 Å². The highest BCUT2D eigenvalue weighted by atomic mass is 14.9. The van der Waals surface area contributed by atoms with Crippen LogP contribution in [0.15, 0.2) is 18.2 Å². The van der Waals surface area contributed by atoms with Gasteiger partial charge in [-0.15, -0.1) is 0 Å². The summed E-state index contributed by atoms with van der Waals surface area (Å²) < 4.78 is 0. The average Bonchev–Trinajstić information content (AvgIpc) is 2.40. The Labute approximate surface area is 125 Å². The summed E-state index contributed by atoms with van der Waals surface area (Å²) in [5, 5.41) is 3.66. The van der Waals surface area contributed by atoms with E-state index in [2.05, 4.69) is 58.1 Å². The highest BCUT2D eigenvalue weighted by molar-refractivity contribution is 5.36. The highest BCUT2D eigenvalue weighted by Crippen LogP contribution is 2.41. The molecular weight excluding hydrogens is 242 g/mol. The largest absolute Gasteiger partial charge is 0.314 e. The SMILES string of the molecule is Cc1cccc(C2CC(C)CCC2CNC(C)C)c1C. The Morgan fingerprint density at radius 1 is 1.20 bits per heavy atom. The Hall–Kier alpha value is -0.820. The fourth-order valence-electron chi connectivity index (χ4n) is 3.63. The van der Waals surface area contributed by atoms with Crippen LogP contribution in [0.1, 0.15) is 62.6 Å². The summed E-state index contributed by atoms with van der Waals surface area (Å²) >= 11 is 0. The molecule has 0 aromatic heterocycles. The van der Waals surface area contributed by atoms with Crippen LogP contribution < -0.4 is 5.32 Å². The molecule has 1 fully saturated rings. The van der Waals surface area contributed by atoms with Crippen molar-refractivity contribution in [3.8, 4) is 0 Å². The molecule has 0 amide bonds. The van der Waals surface area contributed by atoms with E-state index in [1.807, 2.05) is 0 Å². The Morgan fingerprint density at radius 3 is 2.65 bits per heavy atom. The van der Waals surface area contributed by atoms with Crippen molar-refractivity contribution in [3.05, 3.63) is 34.9 Å². The van der Waals surface area contributed by atoms with Gasteiger partial charge in [0.15, 0.2) is 0 Å². The molecule has 1 aromatic carbocycles. The van der Waals surface area contributed by atoms with Gasteiger partial charge in [-0.3, -0.25) is 0 Å². The Balaban J connectivity index is 2.21. The van der Waals surface area contributed by atoms with Crippen LogP contribution in [-0.2, 0) is 0 Å². The summed E-state index contributed by atoms with van der Waals surface area (Å²) in [5.41, 5.74) is 4.56. The molecule has 1 aliphatic carbocycles. The molecule has 1 nitrogen and oxygen atoms in total. The summed E-state index contributed by atoms with van der Waals surface area (Å²) in [6.45, 7) is 12.6. The van der Waals surface area contributed by atoms with Crippen molar-refractivity contribution in [2.45, 2.75) is 65.8 Å². The van der Waals surface area contributed by atoms with Crippen LogP contribution in [0.2, 0.25) is 0 Å². The average molecular weight is 273 g/mol. The smallest absolute Gasteiger partial charge is 0.00104 e. The van der Waals surface area contributed by atoms with Gasteiger partial charge in [-0.2, -0.15) is 0 Å². The van der Waals surface area contributed by atoms with Crippen LogP contribution in [0, 0.1) is 25.7 Å². The van der Waals surface area contributed by atoms with Crippen molar-refractivity contribution in [3.63, 3.8) is 0 Å². The highest BCUT2D eigenvalue weighted by Gasteiger charge is 2.30. The van der Waals surface area contributed by atoms with Gasteiger partial charge in [-0.1, -0.05) is 45.4 Å². The van der Waals surface area contributed by atoms with Crippen molar-refractivity contribution >= 4 is 0 Å². The molecule has 1 heteroatoms. The van der Waals surface area contributed by atoms with Gasteiger partial charge in [0.05, 0.1) is 0 Å². The lowest BCUT2D eigenvalue weighted by molar-refractivity contribution is 0.237. The van der Waals surface area contributed by atoms with E-state index in [9.17, 15) is 0 Å². The Kier molecular flexibility index (Phi) is 5.26. The number of aryl methyl sites for hydroxylation is 1. The second-order valence-electron chi connectivity index (χ2n) is 7.14. The molecule has 20 heavy (non-hydrogen) atoms. The number of rotatable bonds is 4. The summed E-state index contributed by atoms with van der Waals surface area (Å²) in [5.74, 6) is 2.41. The van der Waals surface area contributed by atoms with E-state index < -0.39 is 0 Å². The molecule has 1 N–H and O–H groups in total. The summed E-state index contributed by atoms with van der Waals surface area (Å²) in [4.78, 5) is 0. The van der Waals surface area contributed by atoms with E-state index in [4.69, 9.17) is 0 Å². The van der Waals surface area contributed by atoms with Crippen molar-refractivity contribution in [1.82, 2.24) is 5.32 Å². The van der Waals surface area contributed by atoms with Crippen molar-refractivity contribution in [2.75, 3.05) is 6.54 Å². The van der Waals surface area contributed by atoms with E-state index in [-0.39, 0.29) is 0 Å². The van der Waals surface area contributed by atoms with Crippen molar-refractivity contribution in [2.24, 2.45) is 11.8 Å². The molecule has 0 saturated heterocycles. The van der Waals surface area contributed by atoms with Gasteiger partial charge in [-0.25, -0.2) is 0 Å². The van der Waals surface area contributed by atoms with Crippen LogP contribution in [0.4, 0.5) is 0 Å². The Morgan fingerprint density at radius 2 is 1.95 bits per heavy atom. The quantitative estimate of drug-likeness (QED) is 0.829. The third-order valence-corrected chi connectivity index (χ3v) is 5.09. The maximum absolute atomic E-state index is 3.66. The molecule has 1 aromatic rings. The molecule has 112 valence electrons. The number of hydrogen-bond donors (Lipinski definition) is 1. The van der Waals surface area contributed by atoms with Crippen molar-refractivity contribution < 1.29 is 0 Å². The first-order valence-electron chi connectivity index (χ1n) is 8.28. The minimum Gasteiger partial charge on any atom is -0.314 e. The zero-order valence-electron chi connectivity index (χ0n) is 13.9. The molecule has 0 spiro atoms. The van der Waals surface area contributed by atoms with E-state index in [0.29, 0.717) is 6.04 Å². The lowest BCUT2D eigenvalue weighted by Gasteiger charge is -2.37. The molecule has 3 atom stereocenters. The molecule has 1 saturated carbocycles. The minimum absolute atomic E-state index is 0.591. The summed E-state index contributed by atoms with van der Waals surface area (Å²) in [6.07, 6.45) is 4.12. The summed E-state index contributed by atoms with van der Waals surface area (Å²) in [6, 6.07) is 7.44. The van der Waals surface area contributed by atoms with Gasteiger partial charge in [0.25, 0.3) is 0 Å². The first kappa shape index (κ1) is 15.6. The first-order valence-corrected chi connectivity index (χ1v) is 8.28. The van der Waals surface area contributed by atoms with E-state index in [0.717, 1.165) is 17.8 Å². The predicted molar refractivity (Wildman–Crippen MR) is 88.3 cm³/mol. The fraction of sp³-hybridized carbons (Fsp3) is 0.684.